The molecule has 1 fully saturated rings. The third-order valence-corrected chi connectivity index (χ3v) is 3.77. The Bertz CT molecular complexity index is 578. The minimum atomic E-state index is -1.17. The van der Waals surface area contributed by atoms with E-state index in [-0.39, 0.29) is 13.2 Å². The van der Waals surface area contributed by atoms with E-state index < -0.39 is 29.3 Å². The summed E-state index contributed by atoms with van der Waals surface area (Å²) in [7, 11) is 0. The Morgan fingerprint density at radius 2 is 2.19 bits per heavy atom. The maximum atomic E-state index is 13.4. The number of benzene rings is 1. The first-order valence-corrected chi connectivity index (χ1v) is 6.48. The fourth-order valence-electron chi connectivity index (χ4n) is 2.14. The maximum Gasteiger partial charge on any atom is 0.319 e. The first-order valence-electron chi connectivity index (χ1n) is 6.48. The van der Waals surface area contributed by atoms with Crippen LogP contribution in [0.4, 0.5) is 14.9 Å². The van der Waals surface area contributed by atoms with Gasteiger partial charge in [0.05, 0.1) is 19.3 Å². The number of carboxylic acids is 1. The molecule has 114 valence electrons. The van der Waals surface area contributed by atoms with Gasteiger partial charge in [-0.15, -0.1) is 0 Å². The van der Waals surface area contributed by atoms with Gasteiger partial charge in [-0.25, -0.2) is 9.18 Å². The lowest BCUT2D eigenvalue weighted by molar-refractivity contribution is -0.148. The Hall–Kier alpha value is -2.15. The molecule has 6 nitrogen and oxygen atoms in total. The monoisotopic (exact) mass is 296 g/mol. The van der Waals surface area contributed by atoms with E-state index in [1.165, 1.54) is 19.1 Å². The highest BCUT2D eigenvalue weighted by Crippen LogP contribution is 2.28. The number of carbonyl (C=O) groups is 2. The zero-order chi connectivity index (χ0) is 15.6. The molecule has 2 unspecified atom stereocenters. The van der Waals surface area contributed by atoms with Crippen LogP contribution in [-0.4, -0.2) is 36.4 Å². The zero-order valence-corrected chi connectivity index (χ0v) is 11.8. The van der Waals surface area contributed by atoms with Crippen LogP contribution in [0.15, 0.2) is 18.2 Å². The summed E-state index contributed by atoms with van der Waals surface area (Å²) >= 11 is 0. The quantitative estimate of drug-likeness (QED) is 0.793. The number of hydrogen-bond donors (Lipinski definition) is 3. The standard InChI is InChI=1S/C14H17FN2O4/c1-8-9(15)4-3-5-10(8)16-13(20)17-11-6-21-7-14(11,2)12(18)19/h3-5,11H,6-7H2,1-2H3,(H,18,19)(H2,16,17,20). The molecular formula is C14H17FN2O4. The summed E-state index contributed by atoms with van der Waals surface area (Å²) in [5, 5.41) is 14.3. The third-order valence-electron chi connectivity index (χ3n) is 3.77. The van der Waals surface area contributed by atoms with E-state index in [1.54, 1.807) is 13.0 Å². The van der Waals surface area contributed by atoms with Gasteiger partial charge in [0.25, 0.3) is 0 Å². The van der Waals surface area contributed by atoms with Crippen LogP contribution in [0.25, 0.3) is 0 Å². The van der Waals surface area contributed by atoms with Crippen molar-refractivity contribution in [2.75, 3.05) is 18.5 Å². The number of aliphatic carboxylic acids is 1. The number of anilines is 1. The van der Waals surface area contributed by atoms with Crippen molar-refractivity contribution >= 4 is 17.7 Å². The molecule has 2 amide bonds. The average molecular weight is 296 g/mol. The SMILES string of the molecule is Cc1c(F)cccc1NC(=O)NC1COCC1(C)C(=O)O. The molecule has 2 rings (SSSR count). The van der Waals surface area contributed by atoms with Crippen molar-refractivity contribution in [2.45, 2.75) is 19.9 Å². The van der Waals surface area contributed by atoms with Crippen molar-refractivity contribution in [1.82, 2.24) is 5.32 Å². The Balaban J connectivity index is 2.05. The highest BCUT2D eigenvalue weighted by molar-refractivity contribution is 5.91. The zero-order valence-electron chi connectivity index (χ0n) is 11.8. The Morgan fingerprint density at radius 1 is 1.48 bits per heavy atom. The number of amides is 2. The number of rotatable bonds is 3. The van der Waals surface area contributed by atoms with Crippen LogP contribution in [0.3, 0.4) is 0 Å². The van der Waals surface area contributed by atoms with Gasteiger partial charge in [-0.1, -0.05) is 6.07 Å². The third kappa shape index (κ3) is 2.97. The van der Waals surface area contributed by atoms with E-state index in [1.807, 2.05) is 0 Å². The average Bonchev–Trinajstić information content (AvgIpc) is 2.78. The molecule has 0 spiro atoms. The van der Waals surface area contributed by atoms with E-state index in [0.29, 0.717) is 11.3 Å². The molecule has 0 saturated carbocycles. The van der Waals surface area contributed by atoms with Gasteiger partial charge in [0.2, 0.25) is 0 Å². The number of ether oxygens (including phenoxy) is 1. The van der Waals surface area contributed by atoms with Gasteiger partial charge in [-0.3, -0.25) is 4.79 Å². The Labute approximate surface area is 121 Å². The van der Waals surface area contributed by atoms with Crippen molar-refractivity contribution in [2.24, 2.45) is 5.41 Å². The predicted octanol–water partition coefficient (Wildman–Crippen LogP) is 1.75. The van der Waals surface area contributed by atoms with E-state index >= 15 is 0 Å². The van der Waals surface area contributed by atoms with Gasteiger partial charge in [-0.05, 0) is 26.0 Å². The maximum absolute atomic E-state index is 13.4. The molecule has 1 aromatic rings. The molecule has 1 aromatic carbocycles. The van der Waals surface area contributed by atoms with Gasteiger partial charge >= 0.3 is 12.0 Å². The van der Waals surface area contributed by atoms with E-state index in [9.17, 15) is 19.1 Å². The Kier molecular flexibility index (Phi) is 4.13. The van der Waals surface area contributed by atoms with E-state index in [2.05, 4.69) is 10.6 Å². The second-order valence-electron chi connectivity index (χ2n) is 5.30. The van der Waals surface area contributed by atoms with Gasteiger partial charge in [0.15, 0.2) is 0 Å². The summed E-state index contributed by atoms with van der Waals surface area (Å²) in [6.07, 6.45) is 0. The van der Waals surface area contributed by atoms with Crippen LogP contribution in [0, 0.1) is 18.2 Å². The molecule has 0 aromatic heterocycles. The second-order valence-corrected chi connectivity index (χ2v) is 5.30. The smallest absolute Gasteiger partial charge is 0.319 e. The molecule has 0 aliphatic carbocycles. The van der Waals surface area contributed by atoms with Crippen molar-refractivity contribution in [3.8, 4) is 0 Å². The normalized spacial score (nSPS) is 24.6. The number of halogens is 1. The summed E-state index contributed by atoms with van der Waals surface area (Å²) in [5.74, 6) is -1.46. The summed E-state index contributed by atoms with van der Waals surface area (Å²) < 4.78 is 18.5. The summed E-state index contributed by atoms with van der Waals surface area (Å²) in [6.45, 7) is 3.22. The summed E-state index contributed by atoms with van der Waals surface area (Å²) in [6, 6.07) is 3.11. The number of urea groups is 1. The highest BCUT2D eigenvalue weighted by atomic mass is 19.1. The lowest BCUT2D eigenvalue weighted by atomic mass is 9.85. The fourth-order valence-corrected chi connectivity index (χ4v) is 2.14. The van der Waals surface area contributed by atoms with Crippen molar-refractivity contribution in [3.63, 3.8) is 0 Å². The molecule has 0 radical (unpaired) electrons. The van der Waals surface area contributed by atoms with Crippen molar-refractivity contribution < 1.29 is 23.8 Å². The number of carboxylic acid groups (broad SMARTS) is 1. The van der Waals surface area contributed by atoms with Crippen molar-refractivity contribution in [1.29, 1.82) is 0 Å². The second kappa shape index (κ2) is 5.69. The predicted molar refractivity (Wildman–Crippen MR) is 73.6 cm³/mol. The fraction of sp³-hybridized carbons (Fsp3) is 0.429. The lowest BCUT2D eigenvalue weighted by Crippen LogP contribution is -2.50. The molecule has 1 aliphatic heterocycles. The number of hydrogen-bond acceptors (Lipinski definition) is 3. The molecule has 2 atom stereocenters. The van der Waals surface area contributed by atoms with Gasteiger partial charge in [-0.2, -0.15) is 0 Å². The minimum Gasteiger partial charge on any atom is -0.481 e. The molecule has 3 N–H and O–H groups in total. The molecule has 7 heteroatoms. The number of nitrogens with one attached hydrogen (secondary N) is 2. The Morgan fingerprint density at radius 3 is 2.86 bits per heavy atom. The minimum absolute atomic E-state index is 0.0340. The van der Waals surface area contributed by atoms with E-state index in [4.69, 9.17) is 4.74 Å². The molecule has 0 bridgehead atoms. The molecule has 1 heterocycles. The van der Waals surface area contributed by atoms with Crippen LogP contribution in [0.1, 0.15) is 12.5 Å². The summed E-state index contributed by atoms with van der Waals surface area (Å²) in [5.41, 5.74) is -0.520. The molecule has 1 aliphatic rings. The molecule has 21 heavy (non-hydrogen) atoms. The van der Waals surface area contributed by atoms with Gasteiger partial charge < -0.3 is 20.5 Å². The van der Waals surface area contributed by atoms with Crippen LogP contribution in [-0.2, 0) is 9.53 Å². The van der Waals surface area contributed by atoms with E-state index in [0.717, 1.165) is 0 Å². The highest BCUT2D eigenvalue weighted by Gasteiger charge is 2.47. The molecular weight excluding hydrogens is 279 g/mol. The van der Waals surface area contributed by atoms with Crippen LogP contribution >= 0.6 is 0 Å². The topological polar surface area (TPSA) is 87.7 Å². The van der Waals surface area contributed by atoms with Gasteiger partial charge in [0, 0.05) is 11.3 Å². The van der Waals surface area contributed by atoms with Crippen LogP contribution in [0.2, 0.25) is 0 Å². The van der Waals surface area contributed by atoms with Gasteiger partial charge in [0.1, 0.15) is 11.2 Å². The first kappa shape index (κ1) is 15.2. The first-order chi connectivity index (χ1) is 9.84. The largest absolute Gasteiger partial charge is 0.481 e. The lowest BCUT2D eigenvalue weighted by Gasteiger charge is -2.25. The van der Waals surface area contributed by atoms with Crippen molar-refractivity contribution in [3.05, 3.63) is 29.6 Å². The summed E-state index contributed by atoms with van der Waals surface area (Å²) in [4.78, 5) is 23.2. The van der Waals surface area contributed by atoms with Crippen LogP contribution < -0.4 is 10.6 Å². The van der Waals surface area contributed by atoms with Crippen LogP contribution in [0.5, 0.6) is 0 Å². The molecule has 1 saturated heterocycles. The number of carbonyl (C=O) groups excluding carboxylic acids is 1.